The van der Waals surface area contributed by atoms with Crippen molar-refractivity contribution in [2.75, 3.05) is 33.3 Å². The van der Waals surface area contributed by atoms with Crippen molar-refractivity contribution >= 4 is 17.5 Å². The number of ether oxygens (including phenoxy) is 1. The second-order valence-corrected chi connectivity index (χ2v) is 7.22. The Morgan fingerprint density at radius 2 is 1.81 bits per heavy atom. The second kappa shape index (κ2) is 7.59. The zero-order chi connectivity index (χ0) is 18.7. The van der Waals surface area contributed by atoms with Gasteiger partial charge in [0.25, 0.3) is 6.09 Å². The van der Waals surface area contributed by atoms with E-state index in [1.165, 1.54) is 25.3 Å². The molecule has 1 aromatic rings. The SMILES string of the molecule is COc1cc([N+]2(C(=O)[O-])CCC(C3CCNCC3)CC2)ccc1[N+](=O)[O-]. The number of hydrogen-bond donors (Lipinski definition) is 1. The number of methoxy groups -OCH3 is 1. The predicted molar refractivity (Wildman–Crippen MR) is 94.9 cm³/mol. The first-order chi connectivity index (χ1) is 12.5. The second-order valence-electron chi connectivity index (χ2n) is 7.22. The summed E-state index contributed by atoms with van der Waals surface area (Å²) >= 11 is 0. The maximum Gasteiger partial charge on any atom is 0.311 e. The number of piperidine rings is 2. The molecule has 8 heteroatoms. The summed E-state index contributed by atoms with van der Waals surface area (Å²) in [7, 11) is 1.35. The highest BCUT2D eigenvalue weighted by molar-refractivity contribution is 5.80. The topological polar surface area (TPSA) is 105 Å². The zero-order valence-electron chi connectivity index (χ0n) is 15.0. The zero-order valence-corrected chi connectivity index (χ0v) is 15.0. The van der Waals surface area contributed by atoms with E-state index in [1.54, 1.807) is 0 Å². The fourth-order valence-corrected chi connectivity index (χ4v) is 4.45. The number of quaternary nitrogens is 1. The van der Waals surface area contributed by atoms with Gasteiger partial charge >= 0.3 is 5.69 Å². The Hall–Kier alpha value is -2.19. The third-order valence-corrected chi connectivity index (χ3v) is 6.02. The summed E-state index contributed by atoms with van der Waals surface area (Å²) in [5.41, 5.74) is 0.313. The average molecular weight is 363 g/mol. The van der Waals surface area contributed by atoms with Gasteiger partial charge in [-0.05, 0) is 37.8 Å². The molecule has 8 nitrogen and oxygen atoms in total. The predicted octanol–water partition coefficient (Wildman–Crippen LogP) is 1.66. The smallest absolute Gasteiger partial charge is 0.311 e. The molecule has 2 fully saturated rings. The van der Waals surface area contributed by atoms with E-state index in [-0.39, 0.29) is 15.9 Å². The van der Waals surface area contributed by atoms with Crippen molar-refractivity contribution in [2.24, 2.45) is 11.8 Å². The largest absolute Gasteiger partial charge is 0.498 e. The van der Waals surface area contributed by atoms with Crippen LogP contribution in [-0.2, 0) is 0 Å². The monoisotopic (exact) mass is 363 g/mol. The van der Waals surface area contributed by atoms with Crippen molar-refractivity contribution in [3.63, 3.8) is 0 Å². The standard InChI is InChI=1S/C18H25N3O5/c1-26-17-12-15(2-3-16(17)20(24)25)21(18(22)23)10-6-14(7-11-21)13-4-8-19-9-5-13/h2-3,12-14,19H,4-11H2,1H3. The number of carbonyl (C=O) groups is 1. The molecule has 0 aliphatic carbocycles. The Balaban J connectivity index is 1.83. The molecule has 2 heterocycles. The van der Waals surface area contributed by atoms with Crippen molar-refractivity contribution in [2.45, 2.75) is 25.7 Å². The fourth-order valence-electron chi connectivity index (χ4n) is 4.45. The quantitative estimate of drug-likeness (QED) is 0.496. The van der Waals surface area contributed by atoms with Crippen molar-refractivity contribution in [3.05, 3.63) is 28.3 Å². The lowest BCUT2D eigenvalue weighted by Crippen LogP contribution is -2.63. The lowest BCUT2D eigenvalue weighted by Gasteiger charge is -2.44. The number of rotatable bonds is 4. The van der Waals surface area contributed by atoms with Crippen LogP contribution in [0.3, 0.4) is 0 Å². The number of hydrogen-bond acceptors (Lipinski definition) is 6. The molecule has 1 amide bonds. The minimum absolute atomic E-state index is 0.0757. The summed E-state index contributed by atoms with van der Waals surface area (Å²) in [5, 5.41) is 26.5. The summed E-state index contributed by atoms with van der Waals surface area (Å²) in [6, 6.07) is 4.30. The number of nitro groups is 1. The van der Waals surface area contributed by atoms with Crippen LogP contribution in [0.2, 0.25) is 0 Å². The first-order valence-corrected chi connectivity index (χ1v) is 9.10. The molecular weight excluding hydrogens is 338 g/mol. The van der Waals surface area contributed by atoms with Gasteiger partial charge in [0, 0.05) is 31.0 Å². The van der Waals surface area contributed by atoms with E-state index in [1.807, 2.05) is 0 Å². The highest BCUT2D eigenvalue weighted by Gasteiger charge is 2.41. The van der Waals surface area contributed by atoms with Gasteiger partial charge in [0.1, 0.15) is 5.69 Å². The normalized spacial score (nSPS) is 27.0. The van der Waals surface area contributed by atoms with Crippen molar-refractivity contribution in [1.29, 1.82) is 0 Å². The summed E-state index contributed by atoms with van der Waals surface area (Å²) < 4.78 is 4.81. The molecule has 0 saturated carbocycles. The Bertz CT molecular complexity index is 679. The number of nitrogens with zero attached hydrogens (tertiary/aromatic N) is 2. The number of carbonyl (C=O) groups excluding carboxylic acids is 1. The molecule has 0 bridgehead atoms. The van der Waals surface area contributed by atoms with Crippen LogP contribution >= 0.6 is 0 Å². The molecular formula is C18H25N3O5. The minimum Gasteiger partial charge on any atom is -0.498 e. The van der Waals surface area contributed by atoms with Crippen LogP contribution in [0.25, 0.3) is 0 Å². The number of amides is 1. The molecule has 0 aromatic heterocycles. The molecule has 0 atom stereocenters. The van der Waals surface area contributed by atoms with Crippen molar-refractivity contribution < 1.29 is 19.6 Å². The molecule has 0 radical (unpaired) electrons. The Morgan fingerprint density at radius 3 is 2.35 bits per heavy atom. The highest BCUT2D eigenvalue weighted by Crippen LogP contribution is 2.39. The Kier molecular flexibility index (Phi) is 5.43. The van der Waals surface area contributed by atoms with E-state index >= 15 is 0 Å². The number of benzene rings is 1. The van der Waals surface area contributed by atoms with Crippen LogP contribution in [0.15, 0.2) is 18.2 Å². The maximum absolute atomic E-state index is 12.1. The minimum atomic E-state index is -1.16. The number of carboxylic acid groups (broad SMARTS) is 1. The number of nitrogens with one attached hydrogen (secondary N) is 1. The van der Waals surface area contributed by atoms with Gasteiger partial charge in [-0.25, -0.2) is 4.48 Å². The number of likely N-dealkylation sites (tertiary alicyclic amines) is 1. The van der Waals surface area contributed by atoms with Crippen LogP contribution in [0.5, 0.6) is 5.75 Å². The lowest BCUT2D eigenvalue weighted by molar-refractivity contribution is -0.385. The first kappa shape index (κ1) is 18.6. The van der Waals surface area contributed by atoms with Crippen LogP contribution in [0.1, 0.15) is 25.7 Å². The highest BCUT2D eigenvalue weighted by atomic mass is 16.6. The molecule has 1 aromatic carbocycles. The molecule has 0 spiro atoms. The molecule has 3 rings (SSSR count). The van der Waals surface area contributed by atoms with Gasteiger partial charge in [0.05, 0.1) is 25.1 Å². The average Bonchev–Trinajstić information content (AvgIpc) is 2.68. The maximum atomic E-state index is 12.1. The molecule has 26 heavy (non-hydrogen) atoms. The van der Waals surface area contributed by atoms with E-state index in [0.717, 1.165) is 38.8 Å². The van der Waals surface area contributed by atoms with Crippen LogP contribution in [-0.4, -0.2) is 44.3 Å². The summed E-state index contributed by atoms with van der Waals surface area (Å²) in [4.78, 5) is 22.6. The Labute approximate surface area is 152 Å². The van der Waals surface area contributed by atoms with Gasteiger partial charge in [-0.15, -0.1) is 0 Å². The molecule has 1 N–H and O–H groups in total. The first-order valence-electron chi connectivity index (χ1n) is 9.10. The van der Waals surface area contributed by atoms with Gasteiger partial charge in [-0.1, -0.05) is 0 Å². The lowest BCUT2D eigenvalue weighted by atomic mass is 9.78. The van der Waals surface area contributed by atoms with Gasteiger partial charge < -0.3 is 20.0 Å². The summed E-state index contributed by atoms with van der Waals surface area (Å²) in [5.74, 6) is 1.25. The molecule has 2 aliphatic rings. The molecule has 2 aliphatic heterocycles. The van der Waals surface area contributed by atoms with Crippen molar-refractivity contribution in [1.82, 2.24) is 9.80 Å². The van der Waals surface area contributed by atoms with Gasteiger partial charge in [-0.3, -0.25) is 10.1 Å². The van der Waals surface area contributed by atoms with E-state index < -0.39 is 11.0 Å². The molecule has 2 saturated heterocycles. The fraction of sp³-hybridized carbons (Fsp3) is 0.611. The van der Waals surface area contributed by atoms with Crippen LogP contribution in [0, 0.1) is 22.0 Å². The van der Waals surface area contributed by atoms with E-state index in [0.29, 0.717) is 30.6 Å². The van der Waals surface area contributed by atoms with Crippen LogP contribution in [0.4, 0.5) is 16.2 Å². The van der Waals surface area contributed by atoms with E-state index in [2.05, 4.69) is 5.32 Å². The Morgan fingerprint density at radius 1 is 1.19 bits per heavy atom. The van der Waals surface area contributed by atoms with Crippen molar-refractivity contribution in [3.8, 4) is 5.75 Å². The third-order valence-electron chi connectivity index (χ3n) is 6.02. The molecule has 142 valence electrons. The third kappa shape index (κ3) is 3.39. The molecule has 0 unspecified atom stereocenters. The van der Waals surface area contributed by atoms with E-state index in [9.17, 15) is 20.0 Å². The van der Waals surface area contributed by atoms with Crippen LogP contribution < -0.4 is 19.6 Å². The summed E-state index contributed by atoms with van der Waals surface area (Å²) in [6.45, 7) is 2.94. The van der Waals surface area contributed by atoms with Gasteiger partial charge in [0.2, 0.25) is 5.75 Å². The van der Waals surface area contributed by atoms with Gasteiger partial charge in [-0.2, -0.15) is 0 Å². The summed E-state index contributed by atoms with van der Waals surface area (Å²) in [6.07, 6.45) is 2.75. The number of nitro benzene ring substituents is 1. The van der Waals surface area contributed by atoms with Gasteiger partial charge in [0.15, 0.2) is 0 Å². The van der Waals surface area contributed by atoms with E-state index in [4.69, 9.17) is 4.74 Å².